The van der Waals surface area contributed by atoms with Crippen LogP contribution in [0.15, 0.2) is 24.3 Å². The van der Waals surface area contributed by atoms with Crippen LogP contribution in [-0.4, -0.2) is 4.98 Å². The molecule has 1 aliphatic rings. The molecule has 3 nitrogen and oxygen atoms in total. The van der Waals surface area contributed by atoms with E-state index in [0.717, 1.165) is 23.7 Å². The Morgan fingerprint density at radius 1 is 1.28 bits per heavy atom. The van der Waals surface area contributed by atoms with Gasteiger partial charge in [0.15, 0.2) is 5.13 Å². The lowest BCUT2D eigenvalue weighted by Gasteiger charge is -2.06. The van der Waals surface area contributed by atoms with E-state index in [1.807, 2.05) is 18.2 Å². The summed E-state index contributed by atoms with van der Waals surface area (Å²) in [7, 11) is 0. The second-order valence-corrected chi connectivity index (χ2v) is 5.50. The summed E-state index contributed by atoms with van der Waals surface area (Å²) in [5.74, 6) is 0. The van der Waals surface area contributed by atoms with Crippen molar-refractivity contribution >= 4 is 22.2 Å². The summed E-state index contributed by atoms with van der Waals surface area (Å²) < 4.78 is 0. The Balaban J connectivity index is 1.83. The topological polar surface area (TPSA) is 48.7 Å². The van der Waals surface area contributed by atoms with Crippen molar-refractivity contribution in [1.82, 2.24) is 4.98 Å². The van der Waals surface area contributed by atoms with Gasteiger partial charge in [-0.15, -0.1) is 11.3 Å². The lowest BCUT2D eigenvalue weighted by Crippen LogP contribution is -1.99. The second kappa shape index (κ2) is 4.79. The van der Waals surface area contributed by atoms with E-state index in [4.69, 9.17) is 5.26 Å². The van der Waals surface area contributed by atoms with Crippen LogP contribution in [0.4, 0.5) is 10.8 Å². The minimum atomic E-state index is 0.668. The lowest BCUT2D eigenvalue weighted by atomic mass is 10.0. The molecule has 0 saturated carbocycles. The molecule has 1 aromatic carbocycles. The Bertz CT molecular complexity index is 586. The fraction of sp³-hybridized carbons (Fsp3) is 0.286. The maximum Gasteiger partial charge on any atom is 0.187 e. The fourth-order valence-electron chi connectivity index (χ4n) is 2.20. The SMILES string of the molecule is N#Cc1cccc(Nc2nc3c(s2)CCCC3)c1. The smallest absolute Gasteiger partial charge is 0.187 e. The molecule has 0 bridgehead atoms. The number of rotatable bonds is 2. The van der Waals surface area contributed by atoms with Gasteiger partial charge in [0.1, 0.15) is 0 Å². The van der Waals surface area contributed by atoms with Crippen molar-refractivity contribution in [1.29, 1.82) is 5.26 Å². The third kappa shape index (κ3) is 2.22. The molecule has 0 amide bonds. The van der Waals surface area contributed by atoms with E-state index in [2.05, 4.69) is 16.4 Å². The van der Waals surface area contributed by atoms with E-state index >= 15 is 0 Å². The Morgan fingerprint density at radius 3 is 3.00 bits per heavy atom. The van der Waals surface area contributed by atoms with Crippen LogP contribution in [-0.2, 0) is 12.8 Å². The van der Waals surface area contributed by atoms with Gasteiger partial charge in [0.2, 0.25) is 0 Å². The molecule has 1 N–H and O–H groups in total. The van der Waals surface area contributed by atoms with Crippen LogP contribution in [0.2, 0.25) is 0 Å². The van der Waals surface area contributed by atoms with Crippen LogP contribution in [0, 0.1) is 11.3 Å². The third-order valence-corrected chi connectivity index (χ3v) is 4.16. The average Bonchev–Trinajstić information content (AvgIpc) is 2.81. The summed E-state index contributed by atoms with van der Waals surface area (Å²) in [6.07, 6.45) is 4.79. The quantitative estimate of drug-likeness (QED) is 0.891. The van der Waals surface area contributed by atoms with Gasteiger partial charge in [-0.1, -0.05) is 6.07 Å². The number of anilines is 2. The zero-order valence-corrected chi connectivity index (χ0v) is 10.8. The molecule has 0 fully saturated rings. The fourth-order valence-corrected chi connectivity index (χ4v) is 3.27. The first-order valence-corrected chi connectivity index (χ1v) is 6.92. The molecule has 0 atom stereocenters. The molecule has 2 aromatic rings. The van der Waals surface area contributed by atoms with Gasteiger partial charge < -0.3 is 5.32 Å². The van der Waals surface area contributed by atoms with E-state index in [9.17, 15) is 0 Å². The number of aryl methyl sites for hydroxylation is 2. The number of aromatic nitrogens is 1. The average molecular weight is 255 g/mol. The summed E-state index contributed by atoms with van der Waals surface area (Å²) in [5.41, 5.74) is 2.85. The molecule has 0 aliphatic heterocycles. The molecule has 90 valence electrons. The highest BCUT2D eigenvalue weighted by atomic mass is 32.1. The van der Waals surface area contributed by atoms with Gasteiger partial charge >= 0.3 is 0 Å². The van der Waals surface area contributed by atoms with Crippen molar-refractivity contribution in [2.45, 2.75) is 25.7 Å². The van der Waals surface area contributed by atoms with Crippen LogP contribution in [0.5, 0.6) is 0 Å². The molecule has 0 radical (unpaired) electrons. The summed E-state index contributed by atoms with van der Waals surface area (Å²) in [4.78, 5) is 6.04. The van der Waals surface area contributed by atoms with Crippen molar-refractivity contribution in [2.75, 3.05) is 5.32 Å². The lowest BCUT2D eigenvalue weighted by molar-refractivity contribution is 0.683. The molecule has 1 heterocycles. The minimum Gasteiger partial charge on any atom is -0.331 e. The van der Waals surface area contributed by atoms with E-state index in [0.29, 0.717) is 5.56 Å². The highest BCUT2D eigenvalue weighted by Crippen LogP contribution is 2.31. The van der Waals surface area contributed by atoms with E-state index in [-0.39, 0.29) is 0 Å². The van der Waals surface area contributed by atoms with Crippen molar-refractivity contribution in [3.05, 3.63) is 40.4 Å². The molecule has 1 aromatic heterocycles. The monoisotopic (exact) mass is 255 g/mol. The van der Waals surface area contributed by atoms with Crippen LogP contribution < -0.4 is 5.32 Å². The Labute approximate surface area is 110 Å². The van der Waals surface area contributed by atoms with Gasteiger partial charge in [-0.2, -0.15) is 5.26 Å². The summed E-state index contributed by atoms with van der Waals surface area (Å²) >= 11 is 1.74. The number of hydrogen-bond acceptors (Lipinski definition) is 4. The first kappa shape index (κ1) is 11.2. The van der Waals surface area contributed by atoms with Crippen LogP contribution >= 0.6 is 11.3 Å². The van der Waals surface area contributed by atoms with Crippen molar-refractivity contribution in [3.8, 4) is 6.07 Å². The predicted octanol–water partition coefficient (Wildman–Crippen LogP) is 3.64. The maximum absolute atomic E-state index is 8.87. The van der Waals surface area contributed by atoms with Gasteiger partial charge in [0, 0.05) is 10.6 Å². The number of thiazole rings is 1. The molecular weight excluding hydrogens is 242 g/mol. The predicted molar refractivity (Wildman–Crippen MR) is 73.2 cm³/mol. The number of fused-ring (bicyclic) bond motifs is 1. The van der Waals surface area contributed by atoms with E-state index in [1.165, 1.54) is 23.4 Å². The Hall–Kier alpha value is -1.86. The van der Waals surface area contributed by atoms with Crippen molar-refractivity contribution < 1.29 is 0 Å². The first-order valence-electron chi connectivity index (χ1n) is 6.11. The van der Waals surface area contributed by atoms with Gasteiger partial charge in [-0.25, -0.2) is 4.98 Å². The molecule has 3 rings (SSSR count). The first-order chi connectivity index (χ1) is 8.85. The second-order valence-electron chi connectivity index (χ2n) is 4.41. The molecular formula is C14H13N3S. The molecule has 4 heteroatoms. The normalized spacial score (nSPS) is 13.7. The standard InChI is InChI=1S/C14H13N3S/c15-9-10-4-3-5-11(8-10)16-14-17-12-6-1-2-7-13(12)18-14/h3-5,8H,1-2,6-7H2,(H,16,17). The molecule has 0 unspecified atom stereocenters. The Kier molecular flexibility index (Phi) is 2.99. The largest absolute Gasteiger partial charge is 0.331 e. The van der Waals surface area contributed by atoms with Crippen LogP contribution in [0.1, 0.15) is 29.0 Å². The zero-order chi connectivity index (χ0) is 12.4. The number of benzene rings is 1. The van der Waals surface area contributed by atoms with E-state index < -0.39 is 0 Å². The third-order valence-electron chi connectivity index (χ3n) is 3.09. The maximum atomic E-state index is 8.87. The number of nitriles is 1. The van der Waals surface area contributed by atoms with Gasteiger partial charge in [-0.05, 0) is 43.9 Å². The highest BCUT2D eigenvalue weighted by Gasteiger charge is 2.14. The van der Waals surface area contributed by atoms with Crippen molar-refractivity contribution in [2.24, 2.45) is 0 Å². The zero-order valence-electron chi connectivity index (χ0n) is 9.94. The van der Waals surface area contributed by atoms with Crippen LogP contribution in [0.3, 0.4) is 0 Å². The van der Waals surface area contributed by atoms with Gasteiger partial charge in [0.25, 0.3) is 0 Å². The number of nitrogens with one attached hydrogen (secondary N) is 1. The number of hydrogen-bond donors (Lipinski definition) is 1. The van der Waals surface area contributed by atoms with Crippen molar-refractivity contribution in [3.63, 3.8) is 0 Å². The number of nitrogens with zero attached hydrogens (tertiary/aromatic N) is 2. The molecule has 0 saturated heterocycles. The van der Waals surface area contributed by atoms with Crippen LogP contribution in [0.25, 0.3) is 0 Å². The highest BCUT2D eigenvalue weighted by molar-refractivity contribution is 7.15. The minimum absolute atomic E-state index is 0.668. The summed E-state index contributed by atoms with van der Waals surface area (Å²) in [6.45, 7) is 0. The van der Waals surface area contributed by atoms with Gasteiger partial charge in [-0.3, -0.25) is 0 Å². The molecule has 1 aliphatic carbocycles. The van der Waals surface area contributed by atoms with E-state index in [1.54, 1.807) is 17.4 Å². The van der Waals surface area contributed by atoms with Gasteiger partial charge in [0.05, 0.1) is 17.3 Å². The molecule has 0 spiro atoms. The molecule has 18 heavy (non-hydrogen) atoms. The Morgan fingerprint density at radius 2 is 2.17 bits per heavy atom. The summed E-state index contributed by atoms with van der Waals surface area (Å²) in [5, 5.41) is 13.1. The summed E-state index contributed by atoms with van der Waals surface area (Å²) in [6, 6.07) is 9.64.